The Morgan fingerprint density at radius 3 is 2.22 bits per heavy atom. The quantitative estimate of drug-likeness (QED) is 0.428. The number of aromatic amines is 1. The van der Waals surface area contributed by atoms with Crippen molar-refractivity contribution in [2.75, 3.05) is 0 Å². The zero-order chi connectivity index (χ0) is 17.3. The van der Waals surface area contributed by atoms with E-state index in [-0.39, 0.29) is 11.1 Å². The van der Waals surface area contributed by atoms with Gasteiger partial charge >= 0.3 is 5.97 Å². The Hall–Kier alpha value is -0.960. The molecular weight excluding hydrogens is 310 g/mol. The Bertz CT molecular complexity index is 480. The molecule has 4 heteroatoms. The summed E-state index contributed by atoms with van der Waals surface area (Å²) in [6.45, 7) is 6.73. The highest BCUT2D eigenvalue weighted by Gasteiger charge is 2.21. The third kappa shape index (κ3) is 7.92. The monoisotopic (exact) mass is 341 g/mol. The number of unbranched alkanes of at least 4 members (excludes halogenated alkanes) is 7. The molecule has 0 radical (unpaired) electrons. The molecule has 2 N–H and O–H groups in total. The molecule has 0 aliphatic carbocycles. The fraction of sp³-hybridized carbons (Fsp3) is 0.737. The van der Waals surface area contributed by atoms with E-state index in [0.717, 1.165) is 18.5 Å². The molecule has 1 rings (SSSR count). The molecule has 0 aromatic carbocycles. The van der Waals surface area contributed by atoms with Crippen molar-refractivity contribution in [2.45, 2.75) is 85.0 Å². The summed E-state index contributed by atoms with van der Waals surface area (Å²) in [5, 5.41) is 9.34. The van der Waals surface area contributed by atoms with Gasteiger partial charge in [-0.1, -0.05) is 83.7 Å². The van der Waals surface area contributed by atoms with E-state index in [2.05, 4.69) is 25.8 Å². The van der Waals surface area contributed by atoms with Crippen LogP contribution in [0.1, 0.15) is 94.7 Å². The molecule has 1 heterocycles. The van der Waals surface area contributed by atoms with E-state index < -0.39 is 5.97 Å². The van der Waals surface area contributed by atoms with E-state index in [1.54, 1.807) is 6.07 Å². The number of carboxylic acid groups (broad SMARTS) is 1. The van der Waals surface area contributed by atoms with Gasteiger partial charge in [0, 0.05) is 5.69 Å². The number of aromatic nitrogens is 1. The lowest BCUT2D eigenvalue weighted by molar-refractivity contribution is 0.0691. The molecule has 0 saturated heterocycles. The van der Waals surface area contributed by atoms with Gasteiger partial charge in [0.25, 0.3) is 0 Å². The van der Waals surface area contributed by atoms with Crippen molar-refractivity contribution in [1.82, 2.24) is 4.98 Å². The average molecular weight is 342 g/mol. The molecule has 23 heavy (non-hydrogen) atoms. The second-order valence-electron chi connectivity index (χ2n) is 7.39. The number of rotatable bonds is 12. The molecule has 0 unspecified atom stereocenters. The second kappa shape index (κ2) is 10.0. The summed E-state index contributed by atoms with van der Waals surface area (Å²) in [5.74, 6) is -0.998. The van der Waals surface area contributed by atoms with Crippen molar-refractivity contribution in [2.24, 2.45) is 5.41 Å². The van der Waals surface area contributed by atoms with E-state index >= 15 is 0 Å². The Labute approximate surface area is 145 Å². The summed E-state index contributed by atoms with van der Waals surface area (Å²) in [7, 11) is 0. The molecule has 0 saturated carbocycles. The molecule has 1 aromatic rings. The van der Waals surface area contributed by atoms with Crippen molar-refractivity contribution in [3.63, 3.8) is 0 Å². The number of halogens is 1. The van der Waals surface area contributed by atoms with Gasteiger partial charge < -0.3 is 10.1 Å². The minimum absolute atomic E-state index is 0.101. The number of carbonyl (C=O) groups is 1. The summed E-state index contributed by atoms with van der Waals surface area (Å²) < 4.78 is 0. The maximum atomic E-state index is 11.0. The van der Waals surface area contributed by atoms with Gasteiger partial charge in [-0.3, -0.25) is 0 Å². The smallest absolute Gasteiger partial charge is 0.353 e. The fourth-order valence-corrected chi connectivity index (χ4v) is 3.33. The average Bonchev–Trinajstić information content (AvgIpc) is 2.81. The van der Waals surface area contributed by atoms with Crippen LogP contribution in [0.3, 0.4) is 0 Å². The molecule has 0 aliphatic heterocycles. The minimum Gasteiger partial charge on any atom is -0.477 e. The maximum Gasteiger partial charge on any atom is 0.353 e. The summed E-state index contributed by atoms with van der Waals surface area (Å²) in [6, 6.07) is 1.75. The lowest BCUT2D eigenvalue weighted by Gasteiger charge is -2.24. The van der Waals surface area contributed by atoms with Gasteiger partial charge in [0.15, 0.2) is 0 Å². The molecule has 0 spiro atoms. The van der Waals surface area contributed by atoms with Gasteiger partial charge in [0.2, 0.25) is 0 Å². The van der Waals surface area contributed by atoms with Crippen molar-refractivity contribution in [3.05, 3.63) is 22.5 Å². The van der Waals surface area contributed by atoms with E-state index in [1.165, 1.54) is 51.4 Å². The van der Waals surface area contributed by atoms with Crippen LogP contribution in [0, 0.1) is 5.41 Å². The molecule has 0 atom stereocenters. The highest BCUT2D eigenvalue weighted by atomic mass is 35.5. The third-order valence-electron chi connectivity index (χ3n) is 4.42. The Morgan fingerprint density at radius 1 is 1.13 bits per heavy atom. The topological polar surface area (TPSA) is 53.1 Å². The lowest BCUT2D eigenvalue weighted by atomic mass is 9.82. The predicted molar refractivity (Wildman–Crippen MR) is 97.5 cm³/mol. The van der Waals surface area contributed by atoms with Gasteiger partial charge in [-0.2, -0.15) is 0 Å². The van der Waals surface area contributed by atoms with Crippen LogP contribution in [0.2, 0.25) is 5.02 Å². The van der Waals surface area contributed by atoms with Gasteiger partial charge in [0.05, 0.1) is 5.02 Å². The Kier molecular flexibility index (Phi) is 8.75. The van der Waals surface area contributed by atoms with E-state index in [9.17, 15) is 4.79 Å². The van der Waals surface area contributed by atoms with Crippen LogP contribution in [-0.2, 0) is 6.42 Å². The molecule has 0 aliphatic rings. The van der Waals surface area contributed by atoms with Crippen LogP contribution in [0.15, 0.2) is 6.07 Å². The zero-order valence-corrected chi connectivity index (χ0v) is 15.6. The van der Waals surface area contributed by atoms with E-state index in [0.29, 0.717) is 5.02 Å². The largest absolute Gasteiger partial charge is 0.477 e. The first-order chi connectivity index (χ1) is 10.9. The van der Waals surface area contributed by atoms with Crippen molar-refractivity contribution >= 4 is 17.6 Å². The highest BCUT2D eigenvalue weighted by Crippen LogP contribution is 2.30. The summed E-state index contributed by atoms with van der Waals surface area (Å²) in [4.78, 5) is 14.0. The van der Waals surface area contributed by atoms with Crippen LogP contribution in [-0.4, -0.2) is 16.1 Å². The maximum absolute atomic E-state index is 11.0. The fourth-order valence-electron chi connectivity index (χ4n) is 3.07. The minimum atomic E-state index is -0.998. The van der Waals surface area contributed by atoms with Crippen LogP contribution in [0.5, 0.6) is 0 Å². The molecule has 0 fully saturated rings. The number of hydrogen-bond acceptors (Lipinski definition) is 1. The highest BCUT2D eigenvalue weighted by molar-refractivity contribution is 6.33. The third-order valence-corrected chi connectivity index (χ3v) is 4.71. The first kappa shape index (κ1) is 20.1. The van der Waals surface area contributed by atoms with Crippen molar-refractivity contribution < 1.29 is 9.90 Å². The summed E-state index contributed by atoms with van der Waals surface area (Å²) >= 11 is 5.95. The van der Waals surface area contributed by atoms with Crippen molar-refractivity contribution in [3.8, 4) is 0 Å². The summed E-state index contributed by atoms with van der Waals surface area (Å²) in [5.41, 5.74) is 1.17. The molecule has 1 aromatic heterocycles. The second-order valence-corrected chi connectivity index (χ2v) is 7.80. The van der Waals surface area contributed by atoms with Crippen LogP contribution < -0.4 is 0 Å². The lowest BCUT2D eigenvalue weighted by Crippen LogP contribution is -2.15. The van der Waals surface area contributed by atoms with E-state index in [1.807, 2.05) is 0 Å². The normalized spacial score (nSPS) is 11.8. The standard InChI is InChI=1S/C19H32ClNO2/c1-4-5-6-7-8-9-10-11-12-19(2,3)14-15-13-16(20)17(21-15)18(22)23/h13,21H,4-12,14H2,1-3H3,(H,22,23). The predicted octanol–water partition coefficient (Wildman–Crippen LogP) is 6.47. The molecule has 3 nitrogen and oxygen atoms in total. The first-order valence-electron chi connectivity index (χ1n) is 8.96. The summed E-state index contributed by atoms with van der Waals surface area (Å²) in [6.07, 6.45) is 12.6. The number of aromatic carboxylic acids is 1. The van der Waals surface area contributed by atoms with Gasteiger partial charge in [-0.15, -0.1) is 0 Å². The molecular formula is C19H32ClNO2. The van der Waals surface area contributed by atoms with Gasteiger partial charge in [0.1, 0.15) is 5.69 Å². The number of H-pyrrole nitrogens is 1. The first-order valence-corrected chi connectivity index (χ1v) is 9.34. The van der Waals surface area contributed by atoms with Crippen molar-refractivity contribution in [1.29, 1.82) is 0 Å². The SMILES string of the molecule is CCCCCCCCCCC(C)(C)Cc1cc(Cl)c(C(=O)O)[nH]1. The van der Waals surface area contributed by atoms with Gasteiger partial charge in [-0.05, 0) is 24.3 Å². The van der Waals surface area contributed by atoms with E-state index in [4.69, 9.17) is 16.7 Å². The zero-order valence-electron chi connectivity index (χ0n) is 14.9. The van der Waals surface area contributed by atoms with Crippen LogP contribution in [0.25, 0.3) is 0 Å². The van der Waals surface area contributed by atoms with Crippen LogP contribution in [0.4, 0.5) is 0 Å². The number of nitrogens with one attached hydrogen (secondary N) is 1. The number of hydrogen-bond donors (Lipinski definition) is 2. The molecule has 0 bridgehead atoms. The molecule has 0 amide bonds. The number of carboxylic acids is 1. The molecule has 132 valence electrons. The Balaban J connectivity index is 2.28. The Morgan fingerprint density at radius 2 is 1.70 bits per heavy atom. The van der Waals surface area contributed by atoms with Crippen LogP contribution >= 0.6 is 11.6 Å². The van der Waals surface area contributed by atoms with Gasteiger partial charge in [-0.25, -0.2) is 4.79 Å².